The maximum absolute atomic E-state index is 13.0. The van der Waals surface area contributed by atoms with E-state index in [4.69, 9.17) is 0 Å². The van der Waals surface area contributed by atoms with Gasteiger partial charge in [-0.25, -0.2) is 8.42 Å². The number of sulfonamides is 1. The van der Waals surface area contributed by atoms with Crippen LogP contribution in [0.2, 0.25) is 0 Å². The van der Waals surface area contributed by atoms with Crippen LogP contribution in [-0.4, -0.2) is 43.3 Å². The van der Waals surface area contributed by atoms with E-state index in [0.717, 1.165) is 19.1 Å². The third-order valence-corrected chi connectivity index (χ3v) is 5.16. The molecular formula is C17H15F3N4O4S. The monoisotopic (exact) mass is 428 g/mol. The smallest absolute Gasteiger partial charge is 0.331 e. The first-order chi connectivity index (χ1) is 13.5. The van der Waals surface area contributed by atoms with E-state index < -0.39 is 33.6 Å². The highest BCUT2D eigenvalue weighted by molar-refractivity contribution is 7.90. The molecule has 2 amide bonds. The number of nitrogens with one attached hydrogen (secondary N) is 2. The van der Waals surface area contributed by atoms with Gasteiger partial charge in [-0.15, -0.1) is 4.40 Å². The second-order valence-electron chi connectivity index (χ2n) is 6.21. The number of amides is 2. The molecule has 12 heteroatoms. The number of carbonyl (C=O) groups is 2. The first-order valence-corrected chi connectivity index (χ1v) is 9.85. The van der Waals surface area contributed by atoms with Crippen molar-refractivity contribution in [2.45, 2.75) is 13.1 Å². The fourth-order valence-electron chi connectivity index (χ4n) is 2.71. The molecule has 0 aliphatic carbocycles. The van der Waals surface area contributed by atoms with E-state index in [1.165, 1.54) is 23.3 Å². The number of amidine groups is 1. The normalized spacial score (nSPS) is 17.7. The number of allylic oxidation sites excluding steroid dienone is 2. The van der Waals surface area contributed by atoms with Gasteiger partial charge in [-0.2, -0.15) is 13.2 Å². The molecule has 0 fully saturated rings. The number of nitrogens with zero attached hydrogens (tertiary/aromatic N) is 2. The van der Waals surface area contributed by atoms with Crippen LogP contribution >= 0.6 is 0 Å². The maximum atomic E-state index is 13.0. The molecule has 3 rings (SSSR count). The summed E-state index contributed by atoms with van der Waals surface area (Å²) in [6.07, 6.45) is -0.333. The zero-order valence-corrected chi connectivity index (χ0v) is 15.8. The first kappa shape index (κ1) is 20.6. The topological polar surface area (TPSA) is 108 Å². The highest BCUT2D eigenvalue weighted by Gasteiger charge is 2.33. The van der Waals surface area contributed by atoms with Crippen LogP contribution in [0, 0.1) is 0 Å². The Kier molecular flexibility index (Phi) is 5.22. The fourth-order valence-corrected chi connectivity index (χ4v) is 3.69. The van der Waals surface area contributed by atoms with Crippen molar-refractivity contribution in [2.75, 3.05) is 22.9 Å². The molecule has 0 unspecified atom stereocenters. The molecule has 0 saturated carbocycles. The number of hydrogen-bond acceptors (Lipinski definition) is 5. The standard InChI is InChI=1S/C17H15F3N4O4S/c1-10(25)21-13-5-4-11(17(18,19)20)9-14(13)22-16(26)12-3-2-6-24-7-8-29(27,28)23-15(12)24/h2-6,9H,7-8H2,1H3,(H,21,25)(H,22,26). The summed E-state index contributed by atoms with van der Waals surface area (Å²) in [6, 6.07) is 2.46. The van der Waals surface area contributed by atoms with E-state index in [0.29, 0.717) is 6.07 Å². The van der Waals surface area contributed by atoms with Crippen LogP contribution in [0.25, 0.3) is 0 Å². The van der Waals surface area contributed by atoms with Crippen LogP contribution in [0.4, 0.5) is 24.5 Å². The summed E-state index contributed by atoms with van der Waals surface area (Å²) in [5, 5.41) is 4.64. The van der Waals surface area contributed by atoms with Crippen molar-refractivity contribution < 1.29 is 31.2 Å². The number of benzene rings is 1. The zero-order chi connectivity index (χ0) is 21.4. The largest absolute Gasteiger partial charge is 0.416 e. The van der Waals surface area contributed by atoms with Crippen molar-refractivity contribution in [3.63, 3.8) is 0 Å². The summed E-state index contributed by atoms with van der Waals surface area (Å²) >= 11 is 0. The molecule has 154 valence electrons. The predicted molar refractivity (Wildman–Crippen MR) is 99.5 cm³/mol. The van der Waals surface area contributed by atoms with Crippen molar-refractivity contribution in [1.82, 2.24) is 4.90 Å². The second-order valence-corrected chi connectivity index (χ2v) is 7.96. The Bertz CT molecular complexity index is 1070. The molecule has 0 bridgehead atoms. The van der Waals surface area contributed by atoms with Gasteiger partial charge in [-0.3, -0.25) is 9.59 Å². The van der Waals surface area contributed by atoms with Crippen LogP contribution in [0.3, 0.4) is 0 Å². The average molecular weight is 428 g/mol. The summed E-state index contributed by atoms with van der Waals surface area (Å²) in [5.74, 6) is -1.77. The molecule has 0 spiro atoms. The Morgan fingerprint density at radius 1 is 1.17 bits per heavy atom. The minimum atomic E-state index is -4.67. The lowest BCUT2D eigenvalue weighted by Gasteiger charge is -2.28. The number of carbonyl (C=O) groups excluding carboxylic acids is 2. The van der Waals surface area contributed by atoms with E-state index >= 15 is 0 Å². The molecule has 2 N–H and O–H groups in total. The summed E-state index contributed by atoms with van der Waals surface area (Å²) in [5.41, 5.74) is -1.50. The predicted octanol–water partition coefficient (Wildman–Crippen LogP) is 2.10. The summed E-state index contributed by atoms with van der Waals surface area (Å²) < 4.78 is 66.3. The molecule has 0 atom stereocenters. The van der Waals surface area contributed by atoms with Crippen molar-refractivity contribution in [3.05, 3.63) is 47.7 Å². The van der Waals surface area contributed by atoms with E-state index in [1.807, 2.05) is 0 Å². The Labute approximate surface area is 163 Å². The SMILES string of the molecule is CC(=O)Nc1ccc(C(F)(F)F)cc1NC(=O)C1=CC=CN2CCS(=O)(=O)N=C12. The highest BCUT2D eigenvalue weighted by Crippen LogP contribution is 2.34. The van der Waals surface area contributed by atoms with E-state index in [2.05, 4.69) is 15.0 Å². The molecule has 2 aliphatic heterocycles. The van der Waals surface area contributed by atoms with Crippen molar-refractivity contribution in [2.24, 2.45) is 4.40 Å². The van der Waals surface area contributed by atoms with E-state index in [9.17, 15) is 31.2 Å². The van der Waals surface area contributed by atoms with Gasteiger partial charge in [0, 0.05) is 19.7 Å². The number of anilines is 2. The number of rotatable bonds is 3. The molecule has 0 aromatic heterocycles. The molecule has 2 heterocycles. The molecular weight excluding hydrogens is 413 g/mol. The van der Waals surface area contributed by atoms with Gasteiger partial charge in [0.15, 0.2) is 5.84 Å². The highest BCUT2D eigenvalue weighted by atomic mass is 32.2. The number of alkyl halides is 3. The van der Waals surface area contributed by atoms with Crippen LogP contribution in [0.1, 0.15) is 12.5 Å². The van der Waals surface area contributed by atoms with Crippen LogP contribution in [0.5, 0.6) is 0 Å². The molecule has 8 nitrogen and oxygen atoms in total. The van der Waals surface area contributed by atoms with Gasteiger partial charge in [-0.05, 0) is 30.4 Å². The van der Waals surface area contributed by atoms with Gasteiger partial charge in [0.2, 0.25) is 5.91 Å². The molecule has 2 aliphatic rings. The molecule has 29 heavy (non-hydrogen) atoms. The molecule has 1 aromatic carbocycles. The van der Waals surface area contributed by atoms with Crippen molar-refractivity contribution in [3.8, 4) is 0 Å². The first-order valence-electron chi connectivity index (χ1n) is 8.24. The maximum Gasteiger partial charge on any atom is 0.416 e. The quantitative estimate of drug-likeness (QED) is 0.767. The van der Waals surface area contributed by atoms with Crippen LogP contribution in [-0.2, 0) is 25.8 Å². The number of halogens is 3. The van der Waals surface area contributed by atoms with Crippen LogP contribution < -0.4 is 10.6 Å². The van der Waals surface area contributed by atoms with Gasteiger partial charge in [0.25, 0.3) is 15.9 Å². The number of fused-ring (bicyclic) bond motifs is 1. The lowest BCUT2D eigenvalue weighted by molar-refractivity contribution is -0.137. The van der Waals surface area contributed by atoms with Gasteiger partial charge in [-0.1, -0.05) is 0 Å². The van der Waals surface area contributed by atoms with Gasteiger partial charge >= 0.3 is 6.18 Å². The number of hydrogen-bond donors (Lipinski definition) is 2. The van der Waals surface area contributed by atoms with Crippen LogP contribution in [0.15, 0.2) is 46.5 Å². The van der Waals surface area contributed by atoms with Crippen molar-refractivity contribution >= 4 is 39.0 Å². The Morgan fingerprint density at radius 2 is 1.90 bits per heavy atom. The molecule has 1 aromatic rings. The zero-order valence-electron chi connectivity index (χ0n) is 14.9. The summed E-state index contributed by atoms with van der Waals surface area (Å²) in [4.78, 5) is 25.5. The van der Waals surface area contributed by atoms with Gasteiger partial charge in [0.1, 0.15) is 0 Å². The Morgan fingerprint density at radius 3 is 2.55 bits per heavy atom. The minimum Gasteiger partial charge on any atom is -0.331 e. The van der Waals surface area contributed by atoms with Crippen molar-refractivity contribution in [1.29, 1.82) is 0 Å². The summed E-state index contributed by atoms with van der Waals surface area (Å²) in [7, 11) is -3.76. The Hall–Kier alpha value is -3.15. The Balaban J connectivity index is 1.97. The van der Waals surface area contributed by atoms with E-state index in [-0.39, 0.29) is 35.1 Å². The van der Waals surface area contributed by atoms with Gasteiger partial charge < -0.3 is 15.5 Å². The molecule has 0 saturated heterocycles. The summed E-state index contributed by atoms with van der Waals surface area (Å²) in [6.45, 7) is 1.25. The molecule has 0 radical (unpaired) electrons. The fraction of sp³-hybridized carbons (Fsp3) is 0.235. The third-order valence-electron chi connectivity index (χ3n) is 4.01. The lowest BCUT2D eigenvalue weighted by Crippen LogP contribution is -2.40. The average Bonchev–Trinajstić information content (AvgIpc) is 2.60. The third kappa shape index (κ3) is 4.65. The lowest BCUT2D eigenvalue weighted by atomic mass is 10.1. The second kappa shape index (κ2) is 7.35. The van der Waals surface area contributed by atoms with Gasteiger partial charge in [0.05, 0.1) is 28.3 Å². The minimum absolute atomic E-state index is 0.0409. The van der Waals surface area contributed by atoms with E-state index in [1.54, 1.807) is 0 Å².